The predicted octanol–water partition coefficient (Wildman–Crippen LogP) is 3.20. The first-order valence-electron chi connectivity index (χ1n) is 7.67. The fourth-order valence-corrected chi connectivity index (χ4v) is 2.77. The molecule has 1 N–H and O–H groups in total. The Labute approximate surface area is 149 Å². The van der Waals surface area contributed by atoms with Gasteiger partial charge in [0.05, 0.1) is 28.4 Å². The van der Waals surface area contributed by atoms with Crippen molar-refractivity contribution in [1.29, 1.82) is 0 Å². The molecule has 0 aliphatic carbocycles. The van der Waals surface area contributed by atoms with Crippen LogP contribution in [0.3, 0.4) is 0 Å². The lowest BCUT2D eigenvalue weighted by atomic mass is 10.1. The van der Waals surface area contributed by atoms with E-state index in [1.54, 1.807) is 12.1 Å². The topological polar surface area (TPSA) is 87.4 Å². The van der Waals surface area contributed by atoms with E-state index in [1.165, 1.54) is 46.6 Å². The number of methoxy groups -OCH3 is 4. The molecule has 3 rings (SSSR count). The van der Waals surface area contributed by atoms with Gasteiger partial charge in [0.1, 0.15) is 28.2 Å². The van der Waals surface area contributed by atoms with Gasteiger partial charge in [-0.1, -0.05) is 0 Å². The molecule has 26 heavy (non-hydrogen) atoms. The Morgan fingerprint density at radius 3 is 1.96 bits per heavy atom. The summed E-state index contributed by atoms with van der Waals surface area (Å²) in [4.78, 5) is 12.6. The lowest BCUT2D eigenvalue weighted by Gasteiger charge is -2.14. The average molecular weight is 358 g/mol. The SMILES string of the molecule is COc1cc(-c2cc(=O)c3c(OC)cc(O)cc3o2)cc(OC)c1OC. The lowest BCUT2D eigenvalue weighted by Crippen LogP contribution is -2.03. The van der Waals surface area contributed by atoms with Crippen LogP contribution in [0.1, 0.15) is 0 Å². The molecule has 0 spiro atoms. The summed E-state index contributed by atoms with van der Waals surface area (Å²) in [6.07, 6.45) is 0. The number of phenols is 1. The molecule has 0 unspecified atom stereocenters. The van der Waals surface area contributed by atoms with Gasteiger partial charge in [-0.3, -0.25) is 4.79 Å². The minimum atomic E-state index is -0.299. The second kappa shape index (κ2) is 6.87. The highest BCUT2D eigenvalue weighted by Gasteiger charge is 2.18. The minimum absolute atomic E-state index is 0.0699. The molecule has 0 saturated heterocycles. The van der Waals surface area contributed by atoms with Gasteiger partial charge in [0, 0.05) is 23.8 Å². The first-order chi connectivity index (χ1) is 12.5. The Balaban J connectivity index is 2.28. The molecule has 1 heterocycles. The second-order valence-electron chi connectivity index (χ2n) is 5.41. The smallest absolute Gasteiger partial charge is 0.203 e. The summed E-state index contributed by atoms with van der Waals surface area (Å²) in [6.45, 7) is 0. The Hall–Kier alpha value is -3.35. The molecule has 2 aromatic carbocycles. The summed E-state index contributed by atoms with van der Waals surface area (Å²) < 4.78 is 27.0. The molecule has 0 radical (unpaired) electrons. The van der Waals surface area contributed by atoms with Crippen molar-refractivity contribution in [3.63, 3.8) is 0 Å². The zero-order valence-corrected chi connectivity index (χ0v) is 14.8. The monoisotopic (exact) mass is 358 g/mol. The van der Waals surface area contributed by atoms with Gasteiger partial charge >= 0.3 is 0 Å². The van der Waals surface area contributed by atoms with E-state index in [9.17, 15) is 9.90 Å². The van der Waals surface area contributed by atoms with Crippen LogP contribution < -0.4 is 24.4 Å². The molecule has 0 saturated carbocycles. The summed E-state index contributed by atoms with van der Waals surface area (Å²) in [5.41, 5.74) is 0.464. The summed E-state index contributed by atoms with van der Waals surface area (Å²) >= 11 is 0. The molecule has 1 aromatic heterocycles. The lowest BCUT2D eigenvalue weighted by molar-refractivity contribution is 0.324. The van der Waals surface area contributed by atoms with Crippen molar-refractivity contribution in [2.75, 3.05) is 28.4 Å². The van der Waals surface area contributed by atoms with Gasteiger partial charge in [-0.25, -0.2) is 0 Å². The Kier molecular flexibility index (Phi) is 4.62. The fourth-order valence-electron chi connectivity index (χ4n) is 2.77. The van der Waals surface area contributed by atoms with Crippen LogP contribution in [0.2, 0.25) is 0 Å². The van der Waals surface area contributed by atoms with Gasteiger partial charge < -0.3 is 28.5 Å². The van der Waals surface area contributed by atoms with Crippen molar-refractivity contribution in [3.05, 3.63) is 40.6 Å². The summed E-state index contributed by atoms with van der Waals surface area (Å²) in [7, 11) is 5.92. The van der Waals surface area contributed by atoms with Gasteiger partial charge in [-0.2, -0.15) is 0 Å². The molecule has 7 heteroatoms. The molecule has 136 valence electrons. The van der Waals surface area contributed by atoms with Crippen LogP contribution in [0.4, 0.5) is 0 Å². The van der Waals surface area contributed by atoms with Crippen LogP contribution >= 0.6 is 0 Å². The normalized spacial score (nSPS) is 10.6. The van der Waals surface area contributed by atoms with Crippen LogP contribution in [0.5, 0.6) is 28.7 Å². The third-order valence-electron chi connectivity index (χ3n) is 3.95. The Morgan fingerprint density at radius 2 is 1.42 bits per heavy atom. The van der Waals surface area contributed by atoms with Crippen molar-refractivity contribution >= 4 is 11.0 Å². The van der Waals surface area contributed by atoms with Crippen LogP contribution in [0, 0.1) is 0 Å². The number of rotatable bonds is 5. The predicted molar refractivity (Wildman–Crippen MR) is 95.8 cm³/mol. The summed E-state index contributed by atoms with van der Waals surface area (Å²) in [5, 5.41) is 10.1. The van der Waals surface area contributed by atoms with Crippen molar-refractivity contribution < 1.29 is 28.5 Å². The van der Waals surface area contributed by atoms with Crippen LogP contribution in [-0.4, -0.2) is 33.5 Å². The first kappa shape index (κ1) is 17.5. The maximum atomic E-state index is 12.6. The molecule has 0 atom stereocenters. The summed E-state index contributed by atoms with van der Waals surface area (Å²) in [5.74, 6) is 1.75. The highest BCUT2D eigenvalue weighted by molar-refractivity contribution is 5.86. The zero-order chi connectivity index (χ0) is 18.8. The van der Waals surface area contributed by atoms with E-state index >= 15 is 0 Å². The Morgan fingerprint density at radius 1 is 0.808 bits per heavy atom. The maximum Gasteiger partial charge on any atom is 0.203 e. The number of fused-ring (bicyclic) bond motifs is 1. The minimum Gasteiger partial charge on any atom is -0.508 e. The van der Waals surface area contributed by atoms with Crippen LogP contribution in [-0.2, 0) is 0 Å². The van der Waals surface area contributed by atoms with E-state index in [2.05, 4.69) is 0 Å². The number of aromatic hydroxyl groups is 1. The Bertz CT molecular complexity index is 995. The molecule has 0 bridgehead atoms. The average Bonchev–Trinajstić information content (AvgIpc) is 2.65. The third kappa shape index (κ3) is 2.88. The number of phenolic OH excluding ortho intramolecular Hbond substituents is 1. The van der Waals surface area contributed by atoms with Crippen molar-refractivity contribution in [1.82, 2.24) is 0 Å². The van der Waals surface area contributed by atoms with E-state index in [1.807, 2.05) is 0 Å². The first-order valence-corrected chi connectivity index (χ1v) is 7.67. The second-order valence-corrected chi connectivity index (χ2v) is 5.41. The quantitative estimate of drug-likeness (QED) is 0.749. The highest BCUT2D eigenvalue weighted by atomic mass is 16.5. The number of hydrogen-bond acceptors (Lipinski definition) is 7. The van der Waals surface area contributed by atoms with Crippen molar-refractivity contribution in [2.24, 2.45) is 0 Å². The van der Waals surface area contributed by atoms with Crippen molar-refractivity contribution in [2.45, 2.75) is 0 Å². The molecule has 0 aliphatic rings. The van der Waals surface area contributed by atoms with Gasteiger partial charge in [-0.15, -0.1) is 0 Å². The van der Waals surface area contributed by atoms with Gasteiger partial charge in [0.15, 0.2) is 16.9 Å². The van der Waals surface area contributed by atoms with Crippen LogP contribution in [0.15, 0.2) is 39.5 Å². The molecule has 0 amide bonds. The number of hydrogen-bond donors (Lipinski definition) is 1. The third-order valence-corrected chi connectivity index (χ3v) is 3.95. The number of benzene rings is 2. The fraction of sp³-hybridized carbons (Fsp3) is 0.211. The molecular weight excluding hydrogens is 340 g/mol. The standard InChI is InChI=1S/C19H18O7/c1-22-14-7-11(20)8-15-18(14)12(21)9-13(26-15)10-5-16(23-2)19(25-4)17(6-10)24-3/h5-9,20H,1-4H3. The van der Waals surface area contributed by atoms with Crippen LogP contribution in [0.25, 0.3) is 22.3 Å². The van der Waals surface area contributed by atoms with Gasteiger partial charge in [-0.05, 0) is 12.1 Å². The molecule has 7 nitrogen and oxygen atoms in total. The molecule has 0 aliphatic heterocycles. The molecule has 3 aromatic rings. The van der Waals surface area contributed by atoms with E-state index in [0.29, 0.717) is 22.8 Å². The zero-order valence-electron chi connectivity index (χ0n) is 14.8. The van der Waals surface area contributed by atoms with Gasteiger partial charge in [0.2, 0.25) is 5.75 Å². The highest BCUT2D eigenvalue weighted by Crippen LogP contribution is 2.41. The van der Waals surface area contributed by atoms with E-state index in [-0.39, 0.29) is 33.7 Å². The largest absolute Gasteiger partial charge is 0.508 e. The molecule has 0 fully saturated rings. The van der Waals surface area contributed by atoms with E-state index < -0.39 is 0 Å². The summed E-state index contributed by atoms with van der Waals surface area (Å²) in [6, 6.07) is 7.42. The number of ether oxygens (including phenoxy) is 4. The van der Waals surface area contributed by atoms with E-state index in [4.69, 9.17) is 23.4 Å². The van der Waals surface area contributed by atoms with E-state index in [0.717, 1.165) is 0 Å². The maximum absolute atomic E-state index is 12.6. The van der Waals surface area contributed by atoms with Gasteiger partial charge in [0.25, 0.3) is 0 Å². The van der Waals surface area contributed by atoms with Crippen molar-refractivity contribution in [3.8, 4) is 40.1 Å². The molecular formula is C19H18O7.